The summed E-state index contributed by atoms with van der Waals surface area (Å²) in [5.41, 5.74) is 3.37. The molecular weight excluding hydrogens is 323 g/mol. The summed E-state index contributed by atoms with van der Waals surface area (Å²) in [7, 11) is 0. The Hall–Kier alpha value is -3.75. The molecule has 25 heavy (non-hydrogen) atoms. The Morgan fingerprint density at radius 3 is 3.04 bits per heavy atom. The van der Waals surface area contributed by atoms with Gasteiger partial charge in [0.25, 0.3) is 0 Å². The van der Waals surface area contributed by atoms with E-state index in [4.69, 9.17) is 0 Å². The molecule has 0 aliphatic rings. The number of aromatic nitrogens is 7. The van der Waals surface area contributed by atoms with E-state index in [1.165, 1.54) is 18.5 Å². The fourth-order valence-corrected chi connectivity index (χ4v) is 2.76. The van der Waals surface area contributed by atoms with Crippen molar-refractivity contribution in [3.63, 3.8) is 0 Å². The van der Waals surface area contributed by atoms with Crippen LogP contribution < -0.4 is 5.32 Å². The Morgan fingerprint density at radius 2 is 2.08 bits per heavy atom. The third-order valence-corrected chi connectivity index (χ3v) is 3.93. The van der Waals surface area contributed by atoms with E-state index < -0.39 is 0 Å². The predicted molar refractivity (Wildman–Crippen MR) is 90.8 cm³/mol. The van der Waals surface area contributed by atoms with Crippen LogP contribution in [0.2, 0.25) is 0 Å². The molecule has 0 atom stereocenters. The Morgan fingerprint density at radius 1 is 1.12 bits per heavy atom. The average Bonchev–Trinajstić information content (AvgIpc) is 3.33. The van der Waals surface area contributed by atoms with E-state index in [0.29, 0.717) is 34.1 Å². The van der Waals surface area contributed by atoms with Gasteiger partial charge in [-0.15, -0.1) is 0 Å². The van der Waals surface area contributed by atoms with Gasteiger partial charge in [-0.25, -0.2) is 19.3 Å². The second-order valence-corrected chi connectivity index (χ2v) is 5.49. The first-order valence-electron chi connectivity index (χ1n) is 7.52. The third-order valence-electron chi connectivity index (χ3n) is 3.93. The highest BCUT2D eigenvalue weighted by atomic mass is 19.1. The zero-order valence-electron chi connectivity index (χ0n) is 12.7. The molecule has 5 rings (SSSR count). The molecule has 1 aromatic carbocycles. The molecule has 0 spiro atoms. The predicted octanol–water partition coefficient (Wildman–Crippen LogP) is 3.11. The number of nitrogens with one attached hydrogen (secondary N) is 4. The molecule has 4 aromatic heterocycles. The molecule has 9 heteroatoms. The van der Waals surface area contributed by atoms with Gasteiger partial charge >= 0.3 is 0 Å². The van der Waals surface area contributed by atoms with Crippen molar-refractivity contribution in [2.24, 2.45) is 0 Å². The number of anilines is 2. The summed E-state index contributed by atoms with van der Waals surface area (Å²) < 4.78 is 13.4. The van der Waals surface area contributed by atoms with Crippen LogP contribution in [0.1, 0.15) is 0 Å². The van der Waals surface area contributed by atoms with Gasteiger partial charge in [-0.3, -0.25) is 5.10 Å². The molecule has 8 nitrogen and oxygen atoms in total. The number of halogens is 1. The average molecular weight is 334 g/mol. The van der Waals surface area contributed by atoms with E-state index >= 15 is 0 Å². The molecule has 0 aliphatic carbocycles. The van der Waals surface area contributed by atoms with Crippen LogP contribution in [-0.2, 0) is 0 Å². The highest BCUT2D eigenvalue weighted by molar-refractivity contribution is 5.90. The lowest BCUT2D eigenvalue weighted by Crippen LogP contribution is -1.96. The van der Waals surface area contributed by atoms with Crippen molar-refractivity contribution in [2.75, 3.05) is 5.32 Å². The fraction of sp³-hybridized carbons (Fsp3) is 0. The monoisotopic (exact) mass is 334 g/mol. The van der Waals surface area contributed by atoms with Gasteiger partial charge < -0.3 is 15.3 Å². The van der Waals surface area contributed by atoms with Crippen LogP contribution in [0.15, 0.2) is 43.0 Å². The molecular formula is C16H11FN8. The van der Waals surface area contributed by atoms with Crippen LogP contribution in [0.3, 0.4) is 0 Å². The fourth-order valence-electron chi connectivity index (χ4n) is 2.76. The topological polar surface area (TPSA) is 111 Å². The largest absolute Gasteiger partial charge is 0.346 e. The maximum Gasteiger partial charge on any atom is 0.158 e. The second-order valence-electron chi connectivity index (χ2n) is 5.49. The standard InChI is InChI=1S/C16H11FN8/c17-8-1-2-10-11(5-8)23-16(22-10)13-12(6-21-25-13)24-15-9-3-4-18-14(9)19-7-20-15/h1-7H,(H,21,25)(H,22,23)(H2,18,19,20,24). The Balaban J connectivity index is 1.58. The number of aromatic amines is 3. The van der Waals surface area contributed by atoms with Gasteiger partial charge in [0, 0.05) is 6.20 Å². The molecule has 0 bridgehead atoms. The summed E-state index contributed by atoms with van der Waals surface area (Å²) in [5, 5.41) is 11.1. The Labute approximate surface area is 139 Å². The normalized spacial score (nSPS) is 11.4. The molecule has 4 heterocycles. The zero-order chi connectivity index (χ0) is 16.8. The van der Waals surface area contributed by atoms with Crippen molar-refractivity contribution in [1.29, 1.82) is 0 Å². The number of imidazole rings is 1. The Kier molecular flexibility index (Phi) is 2.80. The van der Waals surface area contributed by atoms with E-state index in [0.717, 1.165) is 11.0 Å². The highest BCUT2D eigenvalue weighted by Crippen LogP contribution is 2.29. The molecule has 122 valence electrons. The van der Waals surface area contributed by atoms with Gasteiger partial charge in [0.1, 0.15) is 29.3 Å². The smallest absolute Gasteiger partial charge is 0.158 e. The van der Waals surface area contributed by atoms with Gasteiger partial charge in [-0.2, -0.15) is 5.10 Å². The molecule has 5 aromatic rings. The highest BCUT2D eigenvalue weighted by Gasteiger charge is 2.14. The second kappa shape index (κ2) is 5.13. The van der Waals surface area contributed by atoms with Crippen LogP contribution in [-0.4, -0.2) is 35.1 Å². The van der Waals surface area contributed by atoms with Crippen LogP contribution in [0.25, 0.3) is 33.6 Å². The van der Waals surface area contributed by atoms with Gasteiger partial charge in [0.05, 0.1) is 28.3 Å². The molecule has 0 radical (unpaired) electrons. The first-order valence-corrected chi connectivity index (χ1v) is 7.52. The van der Waals surface area contributed by atoms with Crippen molar-refractivity contribution in [3.8, 4) is 11.5 Å². The third kappa shape index (κ3) is 2.21. The first-order chi connectivity index (χ1) is 12.3. The zero-order valence-corrected chi connectivity index (χ0v) is 12.7. The van der Waals surface area contributed by atoms with Crippen molar-refractivity contribution >= 4 is 33.6 Å². The molecule has 0 fully saturated rings. The van der Waals surface area contributed by atoms with Crippen LogP contribution in [0.5, 0.6) is 0 Å². The number of rotatable bonds is 3. The van der Waals surface area contributed by atoms with Crippen molar-refractivity contribution in [2.45, 2.75) is 0 Å². The number of fused-ring (bicyclic) bond motifs is 2. The first kappa shape index (κ1) is 13.7. The van der Waals surface area contributed by atoms with Crippen molar-refractivity contribution in [3.05, 3.63) is 48.8 Å². The summed E-state index contributed by atoms with van der Waals surface area (Å²) >= 11 is 0. The minimum atomic E-state index is -0.318. The minimum absolute atomic E-state index is 0.318. The molecule has 0 saturated carbocycles. The molecule has 4 N–H and O–H groups in total. The van der Waals surface area contributed by atoms with E-state index in [9.17, 15) is 4.39 Å². The maximum atomic E-state index is 13.4. The SMILES string of the molecule is Fc1ccc2nc(-c3[nH]ncc3Nc3ncnc4[nH]ccc34)[nH]c2c1. The summed E-state index contributed by atoms with van der Waals surface area (Å²) in [6, 6.07) is 6.30. The number of benzene rings is 1. The van der Waals surface area contributed by atoms with E-state index in [1.54, 1.807) is 18.5 Å². The van der Waals surface area contributed by atoms with Gasteiger partial charge in [-0.05, 0) is 24.3 Å². The maximum absolute atomic E-state index is 13.4. The lowest BCUT2D eigenvalue weighted by molar-refractivity contribution is 0.629. The van der Waals surface area contributed by atoms with Gasteiger partial charge in [0.15, 0.2) is 5.82 Å². The van der Waals surface area contributed by atoms with Crippen LogP contribution >= 0.6 is 0 Å². The number of hydrogen-bond donors (Lipinski definition) is 4. The Bertz CT molecular complexity index is 1200. The van der Waals surface area contributed by atoms with Gasteiger partial charge in [0.2, 0.25) is 0 Å². The van der Waals surface area contributed by atoms with E-state index in [1.807, 2.05) is 6.07 Å². The summed E-state index contributed by atoms with van der Waals surface area (Å²) in [5.74, 6) is 0.887. The van der Waals surface area contributed by atoms with Crippen molar-refractivity contribution < 1.29 is 4.39 Å². The van der Waals surface area contributed by atoms with Gasteiger partial charge in [-0.1, -0.05) is 0 Å². The molecule has 0 aliphatic heterocycles. The summed E-state index contributed by atoms with van der Waals surface area (Å²) in [6.45, 7) is 0. The molecule has 0 saturated heterocycles. The van der Waals surface area contributed by atoms with Crippen molar-refractivity contribution in [1.82, 2.24) is 35.1 Å². The quantitative estimate of drug-likeness (QED) is 0.405. The van der Waals surface area contributed by atoms with E-state index in [-0.39, 0.29) is 5.82 Å². The molecule has 0 amide bonds. The summed E-state index contributed by atoms with van der Waals surface area (Å²) in [6.07, 6.45) is 4.92. The lowest BCUT2D eigenvalue weighted by Gasteiger charge is -2.05. The number of nitrogens with zero attached hydrogens (tertiary/aromatic N) is 4. The lowest BCUT2D eigenvalue weighted by atomic mass is 10.3. The minimum Gasteiger partial charge on any atom is -0.346 e. The summed E-state index contributed by atoms with van der Waals surface area (Å²) in [4.78, 5) is 19.1. The van der Waals surface area contributed by atoms with E-state index in [2.05, 4.69) is 40.4 Å². The van der Waals surface area contributed by atoms with Crippen LogP contribution in [0.4, 0.5) is 15.9 Å². The number of H-pyrrole nitrogens is 3. The molecule has 0 unspecified atom stereocenters. The van der Waals surface area contributed by atoms with Crippen LogP contribution in [0, 0.1) is 5.82 Å². The number of hydrogen-bond acceptors (Lipinski definition) is 5.